The van der Waals surface area contributed by atoms with Gasteiger partial charge in [-0.1, -0.05) is 91.9 Å². The van der Waals surface area contributed by atoms with Crippen LogP contribution in [0.2, 0.25) is 0 Å². The molecule has 0 aliphatic rings. The van der Waals surface area contributed by atoms with E-state index in [1.165, 1.54) is 22.2 Å². The van der Waals surface area contributed by atoms with Crippen molar-refractivity contribution in [2.75, 3.05) is 0 Å². The Morgan fingerprint density at radius 3 is 1.84 bits per heavy atom. The number of hydrogen-bond acceptors (Lipinski definition) is 1. The van der Waals surface area contributed by atoms with E-state index >= 15 is 0 Å². The molecule has 2 nitrogen and oxygen atoms in total. The first-order valence-corrected chi connectivity index (χ1v) is 10.9. The number of carbonyl (C=O) groups excluding carboxylic acids is 1. The summed E-state index contributed by atoms with van der Waals surface area (Å²) in [7, 11) is 0. The zero-order valence-corrected chi connectivity index (χ0v) is 17.9. The minimum Gasteiger partial charge on any atom is -0.333 e. The number of benzene rings is 4. The molecule has 2 heteroatoms. The van der Waals surface area contributed by atoms with Crippen LogP contribution in [0.5, 0.6) is 0 Å². The van der Waals surface area contributed by atoms with Crippen molar-refractivity contribution in [2.45, 2.75) is 26.3 Å². The summed E-state index contributed by atoms with van der Waals surface area (Å²) >= 11 is 0. The largest absolute Gasteiger partial charge is 0.333 e. The van der Waals surface area contributed by atoms with Gasteiger partial charge in [0.2, 0.25) is 0 Å². The molecule has 0 saturated carbocycles. The van der Waals surface area contributed by atoms with Crippen LogP contribution >= 0.6 is 0 Å². The Morgan fingerprint density at radius 1 is 0.742 bits per heavy atom. The van der Waals surface area contributed by atoms with Crippen molar-refractivity contribution in [1.82, 2.24) is 4.57 Å². The van der Waals surface area contributed by atoms with Crippen molar-refractivity contribution in [3.8, 4) is 0 Å². The second-order valence-corrected chi connectivity index (χ2v) is 8.04. The van der Waals surface area contributed by atoms with Crippen molar-refractivity contribution in [3.63, 3.8) is 0 Å². The summed E-state index contributed by atoms with van der Waals surface area (Å²) in [5.74, 6) is 0.0971. The van der Waals surface area contributed by atoms with Gasteiger partial charge in [-0.15, -0.1) is 0 Å². The fraction of sp³-hybridized carbons (Fsp3) is 0.138. The van der Waals surface area contributed by atoms with Gasteiger partial charge in [0.1, 0.15) is 0 Å². The summed E-state index contributed by atoms with van der Waals surface area (Å²) in [6.07, 6.45) is 0.911. The zero-order chi connectivity index (χ0) is 21.4. The number of fused-ring (bicyclic) bond motifs is 3. The molecule has 5 aromatic rings. The molecule has 5 rings (SSSR count). The van der Waals surface area contributed by atoms with Gasteiger partial charge in [0.25, 0.3) is 0 Å². The fourth-order valence-corrected chi connectivity index (χ4v) is 4.75. The Morgan fingerprint density at radius 2 is 1.29 bits per heavy atom. The smallest absolute Gasteiger partial charge is 0.160 e. The van der Waals surface area contributed by atoms with Crippen LogP contribution in [0.1, 0.15) is 47.1 Å². The highest BCUT2D eigenvalue weighted by Gasteiger charge is 2.23. The molecule has 0 bridgehead atoms. The maximum atomic E-state index is 12.6. The van der Waals surface area contributed by atoms with E-state index in [-0.39, 0.29) is 11.8 Å². The lowest BCUT2D eigenvalue weighted by atomic mass is 9.96. The van der Waals surface area contributed by atoms with E-state index in [9.17, 15) is 4.79 Å². The Labute approximate surface area is 182 Å². The topological polar surface area (TPSA) is 22.0 Å². The number of hydrogen-bond donors (Lipinski definition) is 0. The van der Waals surface area contributed by atoms with Crippen LogP contribution in [-0.2, 0) is 6.42 Å². The second kappa shape index (κ2) is 7.88. The highest BCUT2D eigenvalue weighted by atomic mass is 16.1. The van der Waals surface area contributed by atoms with Gasteiger partial charge >= 0.3 is 0 Å². The molecule has 0 unspecified atom stereocenters. The number of rotatable bonds is 5. The van der Waals surface area contributed by atoms with Gasteiger partial charge in [-0.25, -0.2) is 0 Å². The molecule has 0 aliphatic heterocycles. The maximum Gasteiger partial charge on any atom is 0.160 e. The molecule has 0 amide bonds. The van der Waals surface area contributed by atoms with Crippen LogP contribution in [0.15, 0.2) is 97.1 Å². The number of carbonyl (C=O) groups is 1. The molecule has 1 heterocycles. The number of aromatic nitrogens is 1. The Bertz CT molecular complexity index is 1340. The summed E-state index contributed by atoms with van der Waals surface area (Å²) < 4.78 is 2.43. The monoisotopic (exact) mass is 403 g/mol. The third kappa shape index (κ3) is 3.25. The Balaban J connectivity index is 1.91. The van der Waals surface area contributed by atoms with E-state index in [0.717, 1.165) is 28.3 Å². The first-order chi connectivity index (χ1) is 15.2. The summed E-state index contributed by atoms with van der Waals surface area (Å²) in [6.45, 7) is 3.86. The van der Waals surface area contributed by atoms with Gasteiger partial charge in [0.05, 0.1) is 11.6 Å². The van der Waals surface area contributed by atoms with E-state index in [1.807, 2.05) is 6.07 Å². The van der Waals surface area contributed by atoms with Crippen LogP contribution in [0.4, 0.5) is 0 Å². The first kappa shape index (κ1) is 19.3. The SMILES string of the molecule is CCc1cc2c3ccccc3c(C(C)=O)cc2n1C(c1ccccc1)c1ccccc1. The predicted octanol–water partition coefficient (Wildman–Crippen LogP) is 7.20. The van der Waals surface area contributed by atoms with E-state index in [2.05, 4.69) is 102 Å². The summed E-state index contributed by atoms with van der Waals surface area (Å²) in [6, 6.07) is 34.0. The van der Waals surface area contributed by atoms with Gasteiger partial charge in [0, 0.05) is 16.6 Å². The third-order valence-corrected chi connectivity index (χ3v) is 6.17. The van der Waals surface area contributed by atoms with Crippen LogP contribution < -0.4 is 0 Å². The number of aryl methyl sites for hydroxylation is 1. The highest BCUT2D eigenvalue weighted by Crippen LogP contribution is 2.37. The van der Waals surface area contributed by atoms with Gasteiger partial charge in [-0.3, -0.25) is 4.79 Å². The van der Waals surface area contributed by atoms with Gasteiger partial charge in [0.15, 0.2) is 5.78 Å². The molecule has 0 radical (unpaired) electrons. The molecule has 1 aromatic heterocycles. The van der Waals surface area contributed by atoms with Crippen LogP contribution in [0.3, 0.4) is 0 Å². The minimum atomic E-state index is 0.0378. The molecular weight excluding hydrogens is 378 g/mol. The van der Waals surface area contributed by atoms with Gasteiger partial charge in [-0.2, -0.15) is 0 Å². The Kier molecular flexibility index (Phi) is 4.91. The average Bonchev–Trinajstić information content (AvgIpc) is 3.18. The van der Waals surface area contributed by atoms with E-state index in [4.69, 9.17) is 0 Å². The Hall–Kier alpha value is -3.65. The van der Waals surface area contributed by atoms with Crippen molar-refractivity contribution in [2.24, 2.45) is 0 Å². The maximum absolute atomic E-state index is 12.6. The van der Waals surface area contributed by atoms with Crippen LogP contribution in [-0.4, -0.2) is 10.4 Å². The molecule has 0 N–H and O–H groups in total. The standard InChI is InChI=1S/C29H25NO/c1-3-23-18-27-25-17-11-10-16-24(25)26(20(2)31)19-28(27)30(23)29(21-12-6-4-7-13-21)22-14-8-5-9-15-22/h4-19,29H,3H2,1-2H3. The minimum absolute atomic E-state index is 0.0378. The first-order valence-electron chi connectivity index (χ1n) is 10.9. The molecule has 0 spiro atoms. The molecule has 0 aliphatic carbocycles. The zero-order valence-electron chi connectivity index (χ0n) is 17.9. The molecule has 4 aromatic carbocycles. The summed E-state index contributed by atoms with van der Waals surface area (Å²) in [5.41, 5.74) is 5.62. The lowest BCUT2D eigenvalue weighted by Crippen LogP contribution is -2.15. The quantitative estimate of drug-likeness (QED) is 0.284. The van der Waals surface area contributed by atoms with Crippen molar-refractivity contribution < 1.29 is 4.79 Å². The number of Topliss-reactive ketones (excluding diaryl/α,β-unsaturated/α-hetero) is 1. The fourth-order valence-electron chi connectivity index (χ4n) is 4.75. The van der Waals surface area contributed by atoms with E-state index in [1.54, 1.807) is 6.92 Å². The van der Waals surface area contributed by atoms with E-state index in [0.29, 0.717) is 0 Å². The van der Waals surface area contributed by atoms with Crippen molar-refractivity contribution >= 4 is 27.5 Å². The van der Waals surface area contributed by atoms with Crippen molar-refractivity contribution in [1.29, 1.82) is 0 Å². The van der Waals surface area contributed by atoms with Gasteiger partial charge in [-0.05, 0) is 47.4 Å². The molecule has 0 fully saturated rings. The number of ketones is 1. The van der Waals surface area contributed by atoms with Crippen molar-refractivity contribution in [3.05, 3.63) is 119 Å². The van der Waals surface area contributed by atoms with Crippen LogP contribution in [0, 0.1) is 0 Å². The second-order valence-electron chi connectivity index (χ2n) is 8.04. The molecule has 31 heavy (non-hydrogen) atoms. The molecule has 0 saturated heterocycles. The predicted molar refractivity (Wildman–Crippen MR) is 129 cm³/mol. The third-order valence-electron chi connectivity index (χ3n) is 6.17. The number of nitrogens with zero attached hydrogens (tertiary/aromatic N) is 1. The normalized spacial score (nSPS) is 11.5. The summed E-state index contributed by atoms with van der Waals surface area (Å²) in [5, 5.41) is 3.37. The molecular formula is C29H25NO. The average molecular weight is 404 g/mol. The summed E-state index contributed by atoms with van der Waals surface area (Å²) in [4.78, 5) is 12.6. The lowest BCUT2D eigenvalue weighted by molar-refractivity contribution is 0.101. The molecule has 152 valence electrons. The lowest BCUT2D eigenvalue weighted by Gasteiger charge is -2.24. The van der Waals surface area contributed by atoms with Crippen LogP contribution in [0.25, 0.3) is 21.7 Å². The van der Waals surface area contributed by atoms with Gasteiger partial charge < -0.3 is 4.57 Å². The highest BCUT2D eigenvalue weighted by molar-refractivity contribution is 6.17. The molecule has 0 atom stereocenters. The van der Waals surface area contributed by atoms with E-state index < -0.39 is 0 Å².